The number of sulfone groups is 1. The summed E-state index contributed by atoms with van der Waals surface area (Å²) in [5.41, 5.74) is 0.737. The largest absolute Gasteiger partial charge is 0.274 e. The second-order valence-electron chi connectivity index (χ2n) is 11.5. The second kappa shape index (κ2) is 7.63. The van der Waals surface area contributed by atoms with E-state index in [-0.39, 0.29) is 80.8 Å². The van der Waals surface area contributed by atoms with Crippen LogP contribution in [0.25, 0.3) is 0 Å². The lowest BCUT2D eigenvalue weighted by molar-refractivity contribution is -0.124. The number of allylic oxidation sites excluding steroid dienone is 4. The molecular weight excluding hydrogens is 516 g/mol. The lowest BCUT2D eigenvalue weighted by atomic mass is 9.85. The highest BCUT2D eigenvalue weighted by Crippen LogP contribution is 2.54. The van der Waals surface area contributed by atoms with Crippen LogP contribution >= 0.6 is 0 Å². The summed E-state index contributed by atoms with van der Waals surface area (Å²) in [5.74, 6) is -1.77. The van der Waals surface area contributed by atoms with Gasteiger partial charge in [-0.25, -0.2) is 8.42 Å². The quantitative estimate of drug-likeness (QED) is 0.436. The number of imide groups is 2. The topological polar surface area (TPSA) is 109 Å². The van der Waals surface area contributed by atoms with Crippen LogP contribution < -0.4 is 9.80 Å². The molecule has 2 heterocycles. The van der Waals surface area contributed by atoms with Crippen LogP contribution in [0.3, 0.4) is 0 Å². The molecule has 6 aliphatic rings. The highest BCUT2D eigenvalue weighted by atomic mass is 32.2. The third-order valence-electron chi connectivity index (χ3n) is 9.75. The Morgan fingerprint density at radius 2 is 0.769 bits per heavy atom. The van der Waals surface area contributed by atoms with Crippen LogP contribution in [0, 0.1) is 47.3 Å². The summed E-state index contributed by atoms with van der Waals surface area (Å²) < 4.78 is 26.7. The highest BCUT2D eigenvalue weighted by Gasteiger charge is 2.60. The average Bonchev–Trinajstić information content (AvgIpc) is 3.77. The van der Waals surface area contributed by atoms with E-state index < -0.39 is 9.84 Å². The zero-order valence-corrected chi connectivity index (χ0v) is 21.5. The van der Waals surface area contributed by atoms with Gasteiger partial charge in [0.05, 0.1) is 44.8 Å². The molecule has 39 heavy (non-hydrogen) atoms. The van der Waals surface area contributed by atoms with Crippen LogP contribution in [0.5, 0.6) is 0 Å². The van der Waals surface area contributed by atoms with Gasteiger partial charge in [0.1, 0.15) is 0 Å². The number of anilines is 2. The predicted octanol–water partition coefficient (Wildman–Crippen LogP) is 3.14. The molecule has 4 amide bonds. The third-order valence-corrected chi connectivity index (χ3v) is 11.5. The van der Waals surface area contributed by atoms with E-state index in [0.717, 1.165) is 12.8 Å². The van der Waals surface area contributed by atoms with Crippen molar-refractivity contribution < 1.29 is 27.6 Å². The lowest BCUT2D eigenvalue weighted by Gasteiger charge is -2.18. The molecule has 4 aliphatic carbocycles. The van der Waals surface area contributed by atoms with Gasteiger partial charge in [-0.3, -0.25) is 29.0 Å². The fraction of sp³-hybridized carbons (Fsp3) is 0.333. The standard InChI is InChI=1S/C30H24N2O6S/c33-27-23-15-1-2-16(13-15)24(23)28(34)31(27)19-5-9-21(10-6-19)39(37,38)22-11-7-20(8-12-22)32-29(35)25-17-3-4-18(14-17)26(25)30(32)36/h1-12,15-18,23-26H,13-14H2/t15-,16-,17-,18+,23-,24+,25-,26-/m0/s1. The number of nitrogens with zero attached hydrogens (tertiary/aromatic N) is 2. The summed E-state index contributed by atoms with van der Waals surface area (Å²) in [6.45, 7) is 0. The van der Waals surface area contributed by atoms with Crippen molar-refractivity contribution in [1.82, 2.24) is 0 Å². The highest BCUT2D eigenvalue weighted by molar-refractivity contribution is 7.91. The Morgan fingerprint density at radius 3 is 1.05 bits per heavy atom. The Bertz CT molecular complexity index is 1480. The first-order valence-corrected chi connectivity index (χ1v) is 14.8. The molecule has 8 rings (SSSR count). The summed E-state index contributed by atoms with van der Waals surface area (Å²) >= 11 is 0. The van der Waals surface area contributed by atoms with Crippen LogP contribution in [-0.4, -0.2) is 32.0 Å². The second-order valence-corrected chi connectivity index (χ2v) is 13.5. The summed E-state index contributed by atoms with van der Waals surface area (Å²) in [5, 5.41) is 0. The van der Waals surface area contributed by atoms with Crippen LogP contribution in [0.1, 0.15) is 12.8 Å². The van der Waals surface area contributed by atoms with Crippen molar-refractivity contribution >= 4 is 44.8 Å². The van der Waals surface area contributed by atoms with Gasteiger partial charge in [-0.15, -0.1) is 0 Å². The fourth-order valence-electron chi connectivity index (χ4n) is 8.00. The maximum absolute atomic E-state index is 13.4. The van der Waals surface area contributed by atoms with Crippen molar-refractivity contribution in [3.63, 3.8) is 0 Å². The zero-order chi connectivity index (χ0) is 26.8. The molecule has 8 atom stereocenters. The molecule has 2 aromatic rings. The Hall–Kier alpha value is -3.85. The van der Waals surface area contributed by atoms with Gasteiger partial charge in [0, 0.05) is 0 Å². The molecule has 0 N–H and O–H groups in total. The molecule has 2 aliphatic heterocycles. The maximum Gasteiger partial charge on any atom is 0.238 e. The van der Waals surface area contributed by atoms with Gasteiger partial charge in [-0.05, 0) is 85.0 Å². The number of rotatable bonds is 4. The summed E-state index contributed by atoms with van der Waals surface area (Å²) in [6, 6.07) is 11.6. The average molecular weight is 541 g/mol. The molecule has 9 heteroatoms. The monoisotopic (exact) mass is 540 g/mol. The number of benzene rings is 2. The summed E-state index contributed by atoms with van der Waals surface area (Å²) in [4.78, 5) is 54.8. The molecule has 0 unspecified atom stereocenters. The molecule has 0 spiro atoms. The van der Waals surface area contributed by atoms with Crippen molar-refractivity contribution in [2.75, 3.05) is 9.80 Å². The van der Waals surface area contributed by atoms with Gasteiger partial charge in [0.15, 0.2) is 0 Å². The normalized spacial score (nSPS) is 35.6. The SMILES string of the molecule is O=C1[C@@H]2[C@@H](C(=O)N1c1ccc(S(=O)(=O)c3ccc(N4C(=O)[C@@H]5[C@H](C4=O)[C@H]4C=C[C@H]5C4)cc3)cc1)[C@H]1C=C[C@@H]2C1. The van der Waals surface area contributed by atoms with E-state index >= 15 is 0 Å². The molecule has 2 saturated carbocycles. The van der Waals surface area contributed by atoms with Crippen LogP contribution in [0.2, 0.25) is 0 Å². The third kappa shape index (κ3) is 2.91. The molecule has 0 radical (unpaired) electrons. The van der Waals surface area contributed by atoms with E-state index in [1.165, 1.54) is 58.3 Å². The Balaban J connectivity index is 1.03. The van der Waals surface area contributed by atoms with Crippen molar-refractivity contribution in [1.29, 1.82) is 0 Å². The van der Waals surface area contributed by atoms with Crippen LogP contribution in [0.4, 0.5) is 11.4 Å². The van der Waals surface area contributed by atoms with Crippen molar-refractivity contribution in [3.05, 3.63) is 72.8 Å². The molecule has 0 aromatic heterocycles. The molecule has 2 aromatic carbocycles. The molecular formula is C30H24N2O6S. The minimum atomic E-state index is -3.92. The van der Waals surface area contributed by atoms with E-state index in [1.54, 1.807) is 0 Å². The number of fused-ring (bicyclic) bond motifs is 10. The first-order chi connectivity index (χ1) is 18.8. The van der Waals surface area contributed by atoms with Gasteiger partial charge >= 0.3 is 0 Å². The van der Waals surface area contributed by atoms with Gasteiger partial charge in [0.2, 0.25) is 33.5 Å². The molecule has 196 valence electrons. The number of hydrogen-bond acceptors (Lipinski definition) is 6. The molecule has 4 fully saturated rings. The number of carbonyl (C=O) groups is 4. The number of amides is 4. The first kappa shape index (κ1) is 23.1. The van der Waals surface area contributed by atoms with Gasteiger partial charge in [-0.1, -0.05) is 24.3 Å². The van der Waals surface area contributed by atoms with E-state index in [1.807, 2.05) is 24.3 Å². The Morgan fingerprint density at radius 1 is 0.487 bits per heavy atom. The molecule has 2 saturated heterocycles. The van der Waals surface area contributed by atoms with E-state index in [0.29, 0.717) is 11.4 Å². The molecule has 4 bridgehead atoms. The van der Waals surface area contributed by atoms with Crippen molar-refractivity contribution in [3.8, 4) is 0 Å². The number of hydrogen-bond donors (Lipinski definition) is 0. The van der Waals surface area contributed by atoms with Crippen LogP contribution in [-0.2, 0) is 29.0 Å². The summed E-state index contributed by atoms with van der Waals surface area (Å²) in [7, 11) is -3.92. The number of carbonyl (C=O) groups excluding carboxylic acids is 4. The first-order valence-electron chi connectivity index (χ1n) is 13.3. The Labute approximate surface area is 224 Å². The van der Waals surface area contributed by atoms with Gasteiger partial charge < -0.3 is 0 Å². The lowest BCUT2D eigenvalue weighted by Crippen LogP contribution is -2.32. The molecule has 8 nitrogen and oxygen atoms in total. The Kier molecular flexibility index (Phi) is 4.51. The smallest absolute Gasteiger partial charge is 0.238 e. The minimum Gasteiger partial charge on any atom is -0.274 e. The predicted molar refractivity (Wildman–Crippen MR) is 139 cm³/mol. The van der Waals surface area contributed by atoms with Crippen molar-refractivity contribution in [2.45, 2.75) is 22.6 Å². The maximum atomic E-state index is 13.4. The van der Waals surface area contributed by atoms with E-state index in [9.17, 15) is 27.6 Å². The summed E-state index contributed by atoms with van der Waals surface area (Å²) in [6.07, 6.45) is 9.81. The van der Waals surface area contributed by atoms with Gasteiger partial charge in [-0.2, -0.15) is 0 Å². The zero-order valence-electron chi connectivity index (χ0n) is 20.7. The van der Waals surface area contributed by atoms with Crippen molar-refractivity contribution in [2.24, 2.45) is 47.3 Å². The van der Waals surface area contributed by atoms with Gasteiger partial charge in [0.25, 0.3) is 0 Å². The fourth-order valence-corrected chi connectivity index (χ4v) is 9.26. The van der Waals surface area contributed by atoms with E-state index in [4.69, 9.17) is 0 Å². The minimum absolute atomic E-state index is 0.0190. The van der Waals surface area contributed by atoms with E-state index in [2.05, 4.69) is 0 Å². The van der Waals surface area contributed by atoms with Crippen LogP contribution in [0.15, 0.2) is 82.6 Å².